The quantitative estimate of drug-likeness (QED) is 0.345. The van der Waals surface area contributed by atoms with Crippen molar-refractivity contribution in [2.24, 2.45) is 5.73 Å². The van der Waals surface area contributed by atoms with Gasteiger partial charge >= 0.3 is 0 Å². The van der Waals surface area contributed by atoms with Crippen LogP contribution < -0.4 is 16.8 Å². The summed E-state index contributed by atoms with van der Waals surface area (Å²) in [6.07, 6.45) is 2.80. The molecule has 0 amide bonds. The van der Waals surface area contributed by atoms with Crippen LogP contribution in [0.2, 0.25) is 20.5 Å². The van der Waals surface area contributed by atoms with Crippen molar-refractivity contribution in [3.63, 3.8) is 0 Å². The van der Waals surface area contributed by atoms with Crippen LogP contribution in [0.1, 0.15) is 42.5 Å². The molecule has 5 N–H and O–H groups in total. The van der Waals surface area contributed by atoms with Crippen LogP contribution in [0.25, 0.3) is 0 Å². The molecule has 0 atom stereocenters. The molecule has 0 aromatic carbocycles. The molecule has 0 radical (unpaired) electrons. The number of rotatable bonds is 1. The fourth-order valence-electron chi connectivity index (χ4n) is 0.880. The first-order chi connectivity index (χ1) is 11.9. The molecule has 0 unspecified atom stereocenters. The van der Waals surface area contributed by atoms with E-state index < -0.39 is 0 Å². The predicted molar refractivity (Wildman–Crippen MR) is 124 cm³/mol. The van der Waals surface area contributed by atoms with Crippen LogP contribution in [0, 0.1) is 0 Å². The lowest BCUT2D eigenvalue weighted by Gasteiger charge is -1.99. The zero-order valence-corrected chi connectivity index (χ0v) is 18.1. The second-order valence-electron chi connectivity index (χ2n) is 2.95. The van der Waals surface area contributed by atoms with E-state index in [1.165, 1.54) is 19.4 Å². The third kappa shape index (κ3) is 18.0. The molecule has 2 aromatic heterocycles. The summed E-state index contributed by atoms with van der Waals surface area (Å²) in [6, 6.07) is 0. The third-order valence-corrected chi connectivity index (χ3v) is 2.79. The lowest BCUT2D eigenvalue weighted by atomic mass is 10.6. The molecule has 0 aliphatic rings. The Morgan fingerprint density at radius 3 is 1.59 bits per heavy atom. The number of anilines is 2. The number of nitrogens with one attached hydrogen (secondary N) is 1. The van der Waals surface area contributed by atoms with Crippen molar-refractivity contribution in [2.45, 2.75) is 42.5 Å². The largest absolute Gasteiger partial charge is 0.372 e. The Bertz CT molecular complexity index is 572. The third-order valence-electron chi connectivity index (χ3n) is 1.67. The molecule has 0 fully saturated rings. The summed E-state index contributed by atoms with van der Waals surface area (Å²) in [5, 5.41) is 3.92. The highest BCUT2D eigenvalue weighted by atomic mass is 35.5. The number of hydrogen-bond donors (Lipinski definition) is 3. The number of nitrogens with two attached hydrogens (primary N) is 2. The molecule has 0 spiro atoms. The highest BCUT2D eigenvalue weighted by Gasteiger charge is 1.99. The maximum Gasteiger partial charge on any atom is 0.224 e. The van der Waals surface area contributed by atoms with Gasteiger partial charge in [0.25, 0.3) is 0 Å². The minimum Gasteiger partial charge on any atom is -0.372 e. The second-order valence-corrected chi connectivity index (χ2v) is 4.46. The molecule has 2 aromatic rings. The summed E-state index contributed by atoms with van der Waals surface area (Å²) in [5.41, 5.74) is 9.66. The molecule has 0 aliphatic carbocycles. The van der Waals surface area contributed by atoms with E-state index in [1.807, 2.05) is 27.7 Å². The summed E-state index contributed by atoms with van der Waals surface area (Å²) in [6.45, 7) is 8.00. The fraction of sp³-hybridized carbons (Fsp3) is 0.500. The number of halogens is 4. The van der Waals surface area contributed by atoms with Gasteiger partial charge in [-0.3, -0.25) is 0 Å². The van der Waals surface area contributed by atoms with Crippen molar-refractivity contribution in [3.05, 3.63) is 32.9 Å². The maximum absolute atomic E-state index is 5.65. The lowest BCUT2D eigenvalue weighted by molar-refractivity contribution is 1.16. The number of nitrogens with zero attached hydrogens (tertiary/aromatic N) is 4. The monoisotopic (exact) mass is 463 g/mol. The summed E-state index contributed by atoms with van der Waals surface area (Å²) in [7, 11) is 3.21. The molecular weight excluding hydrogens is 432 g/mol. The Labute approximate surface area is 184 Å². The zero-order chi connectivity index (χ0) is 20.4. The minimum atomic E-state index is 0. The first-order valence-corrected chi connectivity index (χ1v) is 8.82. The lowest BCUT2D eigenvalue weighted by Crippen LogP contribution is -1.94. The van der Waals surface area contributed by atoms with E-state index in [4.69, 9.17) is 52.1 Å². The van der Waals surface area contributed by atoms with Crippen molar-refractivity contribution >= 4 is 58.2 Å². The van der Waals surface area contributed by atoms with Crippen LogP contribution in [0.5, 0.6) is 0 Å². The van der Waals surface area contributed by atoms with Gasteiger partial charge in [-0.15, -0.1) is 0 Å². The normalized spacial score (nSPS) is 7.37. The second kappa shape index (κ2) is 24.9. The summed E-state index contributed by atoms with van der Waals surface area (Å²) < 4.78 is 0. The van der Waals surface area contributed by atoms with Gasteiger partial charge < -0.3 is 16.8 Å². The van der Waals surface area contributed by atoms with Gasteiger partial charge in [0.05, 0.1) is 17.4 Å². The Morgan fingerprint density at radius 1 is 0.815 bits per heavy atom. The van der Waals surface area contributed by atoms with Gasteiger partial charge in [0.2, 0.25) is 11.2 Å². The van der Waals surface area contributed by atoms with Gasteiger partial charge in [0.15, 0.2) is 5.15 Å². The Hall–Kier alpha value is -1.12. The standard InChI is InChI=1S/C5H5Cl2N3.C4H3Cl2N3.2C2H6.CH5N.2CH4/c1-8-4-3(6)2-9-5(7)10-4;5-2-1-8-4(7)9-3(2)6;3*1-2;;/h2H,1H3,(H,8,9,10);1H,(H2,7,8,9);2*1-2H3;2H2,1H3;2*1H4. The average molecular weight is 465 g/mol. The van der Waals surface area contributed by atoms with E-state index in [0.29, 0.717) is 15.9 Å². The summed E-state index contributed by atoms with van der Waals surface area (Å²) >= 11 is 22.0. The minimum absolute atomic E-state index is 0. The summed E-state index contributed by atoms with van der Waals surface area (Å²) in [5.74, 6) is 0.672. The van der Waals surface area contributed by atoms with Crippen LogP contribution >= 0.6 is 46.4 Å². The van der Waals surface area contributed by atoms with E-state index in [9.17, 15) is 0 Å². The number of nitrogen functional groups attached to an aromatic ring is 1. The van der Waals surface area contributed by atoms with Crippen LogP contribution in [0.3, 0.4) is 0 Å². The molecule has 0 aliphatic heterocycles. The van der Waals surface area contributed by atoms with Crippen molar-refractivity contribution in [2.75, 3.05) is 25.1 Å². The molecular formula is C16H33Cl4N7. The van der Waals surface area contributed by atoms with Crippen molar-refractivity contribution in [1.29, 1.82) is 0 Å². The molecule has 11 heteroatoms. The van der Waals surface area contributed by atoms with E-state index in [1.54, 1.807) is 7.05 Å². The molecule has 7 nitrogen and oxygen atoms in total. The van der Waals surface area contributed by atoms with Crippen molar-refractivity contribution < 1.29 is 0 Å². The van der Waals surface area contributed by atoms with Gasteiger partial charge in [-0.05, 0) is 18.6 Å². The highest BCUT2D eigenvalue weighted by Crippen LogP contribution is 2.18. The molecule has 0 saturated heterocycles. The van der Waals surface area contributed by atoms with Crippen LogP contribution in [-0.4, -0.2) is 34.0 Å². The van der Waals surface area contributed by atoms with Gasteiger partial charge in [0, 0.05) is 7.05 Å². The molecule has 0 saturated carbocycles. The SMILES string of the molecule is C.C.CC.CC.CN.CNc1nc(Cl)ncc1Cl.Nc1ncc(Cl)c(Cl)n1. The van der Waals surface area contributed by atoms with Gasteiger partial charge in [-0.2, -0.15) is 9.97 Å². The topological polar surface area (TPSA) is 116 Å². The molecule has 2 rings (SSSR count). The Kier molecular flexibility index (Phi) is 33.9. The van der Waals surface area contributed by atoms with Gasteiger partial charge in [-0.25, -0.2) is 9.97 Å². The van der Waals surface area contributed by atoms with Crippen molar-refractivity contribution in [3.8, 4) is 0 Å². The Balaban J connectivity index is -0.0000000886. The van der Waals surface area contributed by atoms with E-state index in [0.717, 1.165) is 0 Å². The van der Waals surface area contributed by atoms with Crippen molar-refractivity contribution in [1.82, 2.24) is 19.9 Å². The predicted octanol–water partition coefficient (Wildman–Crippen LogP) is 6.09. The number of hydrogen-bond acceptors (Lipinski definition) is 7. The van der Waals surface area contributed by atoms with Crippen LogP contribution in [0.15, 0.2) is 12.4 Å². The molecule has 27 heavy (non-hydrogen) atoms. The van der Waals surface area contributed by atoms with E-state index in [2.05, 4.69) is 31.0 Å². The summed E-state index contributed by atoms with van der Waals surface area (Å²) in [4.78, 5) is 14.6. The maximum atomic E-state index is 5.65. The first-order valence-electron chi connectivity index (χ1n) is 7.31. The fourth-order valence-corrected chi connectivity index (χ4v) is 1.43. The molecule has 160 valence electrons. The van der Waals surface area contributed by atoms with Crippen LogP contribution in [-0.2, 0) is 0 Å². The molecule has 0 bridgehead atoms. The van der Waals surface area contributed by atoms with E-state index in [-0.39, 0.29) is 31.2 Å². The van der Waals surface area contributed by atoms with E-state index >= 15 is 0 Å². The average Bonchev–Trinajstić information content (AvgIpc) is 2.66. The highest BCUT2D eigenvalue weighted by molar-refractivity contribution is 6.41. The smallest absolute Gasteiger partial charge is 0.224 e. The molecule has 2 heterocycles. The first kappa shape index (κ1) is 36.7. The van der Waals surface area contributed by atoms with Gasteiger partial charge in [-0.1, -0.05) is 77.4 Å². The van der Waals surface area contributed by atoms with Gasteiger partial charge in [0.1, 0.15) is 10.8 Å². The van der Waals surface area contributed by atoms with Crippen LogP contribution in [0.4, 0.5) is 11.8 Å². The zero-order valence-electron chi connectivity index (χ0n) is 15.1. The number of aromatic nitrogens is 4. The Morgan fingerprint density at radius 2 is 1.26 bits per heavy atom.